The Morgan fingerprint density at radius 1 is 1.10 bits per heavy atom. The van der Waals surface area contributed by atoms with Gasteiger partial charge in [-0.3, -0.25) is 0 Å². The zero-order valence-corrected chi connectivity index (χ0v) is 11.8. The lowest BCUT2D eigenvalue weighted by Crippen LogP contribution is -2.25. The summed E-state index contributed by atoms with van der Waals surface area (Å²) in [6, 6.07) is 20.0. The molecule has 2 aromatic carbocycles. The van der Waals surface area contributed by atoms with Crippen molar-refractivity contribution < 1.29 is 9.53 Å². The molecule has 4 heteroatoms. The van der Waals surface area contributed by atoms with E-state index in [1.54, 1.807) is 0 Å². The van der Waals surface area contributed by atoms with Crippen molar-refractivity contribution >= 4 is 11.8 Å². The molecule has 106 valence electrons. The maximum atomic E-state index is 11.8. The largest absolute Gasteiger partial charge is 0.451 e. The van der Waals surface area contributed by atoms with Crippen molar-refractivity contribution in [3.63, 3.8) is 0 Å². The number of amides is 1. The topological polar surface area (TPSA) is 41.9 Å². The minimum atomic E-state index is -0.429. The molecule has 0 saturated carbocycles. The second-order valence-corrected chi connectivity index (χ2v) is 4.87. The van der Waals surface area contributed by atoms with Crippen LogP contribution in [0.25, 0.3) is 0 Å². The van der Waals surface area contributed by atoms with Gasteiger partial charge in [-0.15, -0.1) is 0 Å². The van der Waals surface area contributed by atoms with Gasteiger partial charge in [0.15, 0.2) is 0 Å². The fourth-order valence-electron chi connectivity index (χ4n) is 2.54. The van der Waals surface area contributed by atoms with E-state index in [-0.39, 0.29) is 5.92 Å². The van der Waals surface area contributed by atoms with Gasteiger partial charge in [-0.05, 0) is 11.1 Å². The quantitative estimate of drug-likeness (QED) is 0.847. The van der Waals surface area contributed by atoms with E-state index < -0.39 is 6.09 Å². The Hall–Kier alpha value is -2.62. The van der Waals surface area contributed by atoms with Crippen molar-refractivity contribution in [2.24, 2.45) is 5.10 Å². The molecule has 1 amide bonds. The first kappa shape index (κ1) is 13.4. The third-order valence-corrected chi connectivity index (χ3v) is 3.57. The van der Waals surface area contributed by atoms with Crippen LogP contribution in [0.4, 0.5) is 4.79 Å². The van der Waals surface area contributed by atoms with Crippen molar-refractivity contribution in [2.45, 2.75) is 5.92 Å². The van der Waals surface area contributed by atoms with Crippen LogP contribution in [0.3, 0.4) is 0 Å². The molecule has 0 aliphatic carbocycles. The smallest absolute Gasteiger partial charge is 0.430 e. The number of methoxy groups -OCH3 is 1. The molecule has 0 radical (unpaired) electrons. The van der Waals surface area contributed by atoms with Gasteiger partial charge in [0.05, 0.1) is 19.4 Å². The monoisotopic (exact) mass is 280 g/mol. The van der Waals surface area contributed by atoms with E-state index in [9.17, 15) is 4.79 Å². The average molecular weight is 280 g/mol. The predicted molar refractivity (Wildman–Crippen MR) is 81.3 cm³/mol. The van der Waals surface area contributed by atoms with Gasteiger partial charge >= 0.3 is 6.09 Å². The van der Waals surface area contributed by atoms with Crippen molar-refractivity contribution in [1.82, 2.24) is 5.01 Å². The number of hydrazone groups is 1. The fraction of sp³-hybridized carbons (Fsp3) is 0.176. The lowest BCUT2D eigenvalue weighted by Gasteiger charge is -2.14. The summed E-state index contributed by atoms with van der Waals surface area (Å²) in [5.41, 5.74) is 3.07. The molecule has 0 bridgehead atoms. The number of ether oxygens (including phenoxy) is 1. The maximum Gasteiger partial charge on any atom is 0.430 e. The maximum absolute atomic E-state index is 11.8. The van der Waals surface area contributed by atoms with Crippen LogP contribution >= 0.6 is 0 Å². The summed E-state index contributed by atoms with van der Waals surface area (Å²) in [7, 11) is 1.37. The van der Waals surface area contributed by atoms with Gasteiger partial charge in [0.25, 0.3) is 0 Å². The van der Waals surface area contributed by atoms with Crippen LogP contribution in [0.15, 0.2) is 65.8 Å². The molecule has 1 aliphatic rings. The molecule has 0 spiro atoms. The Kier molecular flexibility index (Phi) is 3.69. The molecule has 0 fully saturated rings. The molecule has 1 unspecified atom stereocenters. The number of nitrogens with zero attached hydrogens (tertiary/aromatic N) is 2. The molecule has 1 atom stereocenters. The van der Waals surface area contributed by atoms with E-state index in [1.165, 1.54) is 12.1 Å². The third kappa shape index (κ3) is 2.65. The van der Waals surface area contributed by atoms with E-state index in [1.807, 2.05) is 48.5 Å². The van der Waals surface area contributed by atoms with Gasteiger partial charge in [0.1, 0.15) is 0 Å². The van der Waals surface area contributed by atoms with E-state index in [4.69, 9.17) is 4.74 Å². The van der Waals surface area contributed by atoms with Gasteiger partial charge in [0.2, 0.25) is 0 Å². The first-order chi connectivity index (χ1) is 10.3. The standard InChI is InChI=1S/C17H16N2O2/c1-21-17(20)19-12-15(13-8-4-2-5-9-13)16(18-19)14-10-6-3-7-11-14/h2-11,15H,12H2,1H3. The minimum Gasteiger partial charge on any atom is -0.451 e. The molecule has 0 saturated heterocycles. The van der Waals surface area contributed by atoms with Crippen LogP contribution in [0, 0.1) is 0 Å². The van der Waals surface area contributed by atoms with E-state index in [0.717, 1.165) is 16.8 Å². The van der Waals surface area contributed by atoms with E-state index >= 15 is 0 Å². The first-order valence-corrected chi connectivity index (χ1v) is 6.84. The van der Waals surface area contributed by atoms with E-state index in [0.29, 0.717) is 6.54 Å². The Morgan fingerprint density at radius 3 is 2.33 bits per heavy atom. The van der Waals surface area contributed by atoms with Gasteiger partial charge in [0, 0.05) is 5.92 Å². The molecular formula is C17H16N2O2. The number of benzene rings is 2. The summed E-state index contributed by atoms with van der Waals surface area (Å²) in [5, 5.41) is 5.85. The highest BCUT2D eigenvalue weighted by atomic mass is 16.5. The molecule has 3 rings (SSSR count). The normalized spacial score (nSPS) is 17.5. The van der Waals surface area contributed by atoms with Crippen LogP contribution in [-0.4, -0.2) is 30.5 Å². The number of carbonyl (C=O) groups excluding carboxylic acids is 1. The lowest BCUT2D eigenvalue weighted by molar-refractivity contribution is 0.128. The zero-order chi connectivity index (χ0) is 14.7. The molecule has 4 nitrogen and oxygen atoms in total. The fourth-order valence-corrected chi connectivity index (χ4v) is 2.54. The molecule has 21 heavy (non-hydrogen) atoms. The van der Waals surface area contributed by atoms with Crippen LogP contribution in [-0.2, 0) is 4.74 Å². The number of hydrogen-bond donors (Lipinski definition) is 0. The number of rotatable bonds is 2. The molecule has 1 heterocycles. The zero-order valence-electron chi connectivity index (χ0n) is 11.8. The molecular weight excluding hydrogens is 264 g/mol. The highest BCUT2D eigenvalue weighted by molar-refractivity contribution is 6.07. The highest BCUT2D eigenvalue weighted by Crippen LogP contribution is 2.28. The molecule has 0 aromatic heterocycles. The van der Waals surface area contributed by atoms with Crippen molar-refractivity contribution in [3.8, 4) is 0 Å². The number of hydrogen-bond acceptors (Lipinski definition) is 3. The molecule has 1 aliphatic heterocycles. The van der Waals surface area contributed by atoms with Crippen LogP contribution in [0.5, 0.6) is 0 Å². The third-order valence-electron chi connectivity index (χ3n) is 3.57. The summed E-state index contributed by atoms with van der Waals surface area (Å²) < 4.78 is 4.78. The first-order valence-electron chi connectivity index (χ1n) is 6.84. The van der Waals surface area contributed by atoms with E-state index in [2.05, 4.69) is 17.2 Å². The SMILES string of the molecule is COC(=O)N1CC(c2ccccc2)C(c2ccccc2)=N1. The van der Waals surface area contributed by atoms with Gasteiger partial charge in [-0.25, -0.2) is 4.79 Å². The Bertz CT molecular complexity index is 653. The van der Waals surface area contributed by atoms with Crippen LogP contribution in [0.1, 0.15) is 17.0 Å². The summed E-state index contributed by atoms with van der Waals surface area (Å²) in [4.78, 5) is 11.8. The predicted octanol–water partition coefficient (Wildman–Crippen LogP) is 3.26. The Morgan fingerprint density at radius 2 is 1.71 bits per heavy atom. The lowest BCUT2D eigenvalue weighted by atomic mass is 9.91. The second kappa shape index (κ2) is 5.79. The minimum absolute atomic E-state index is 0.0627. The molecule has 0 N–H and O–H groups in total. The molecule has 2 aromatic rings. The average Bonchev–Trinajstić information content (AvgIpc) is 3.01. The van der Waals surface area contributed by atoms with Crippen molar-refractivity contribution in [3.05, 3.63) is 71.8 Å². The summed E-state index contributed by atoms with van der Waals surface area (Å²) in [6.45, 7) is 0.501. The number of carbonyl (C=O) groups is 1. The van der Waals surface area contributed by atoms with Crippen molar-refractivity contribution in [2.75, 3.05) is 13.7 Å². The second-order valence-electron chi connectivity index (χ2n) is 4.87. The Balaban J connectivity index is 2.00. The highest BCUT2D eigenvalue weighted by Gasteiger charge is 2.32. The summed E-state index contributed by atoms with van der Waals surface area (Å²) in [5.74, 6) is 0.0627. The van der Waals surface area contributed by atoms with Crippen molar-refractivity contribution in [1.29, 1.82) is 0 Å². The summed E-state index contributed by atoms with van der Waals surface area (Å²) >= 11 is 0. The van der Waals surface area contributed by atoms with Gasteiger partial charge in [-0.2, -0.15) is 10.1 Å². The summed E-state index contributed by atoms with van der Waals surface area (Å²) in [6.07, 6.45) is -0.429. The van der Waals surface area contributed by atoms with Gasteiger partial charge < -0.3 is 4.74 Å². The van der Waals surface area contributed by atoms with Crippen LogP contribution in [0.2, 0.25) is 0 Å². The van der Waals surface area contributed by atoms with Crippen LogP contribution < -0.4 is 0 Å². The van der Waals surface area contributed by atoms with Gasteiger partial charge in [-0.1, -0.05) is 60.7 Å². The Labute approximate surface area is 123 Å².